The molecule has 186 valence electrons. The van der Waals surface area contributed by atoms with E-state index in [1.165, 1.54) is 19.5 Å². The number of methoxy groups -OCH3 is 1. The monoisotopic (exact) mass is 508 g/mol. The van der Waals surface area contributed by atoms with Gasteiger partial charge in [-0.05, 0) is 24.6 Å². The van der Waals surface area contributed by atoms with Crippen LogP contribution < -0.4 is 14.8 Å². The van der Waals surface area contributed by atoms with Gasteiger partial charge in [-0.25, -0.2) is 23.1 Å². The molecule has 0 bridgehead atoms. The summed E-state index contributed by atoms with van der Waals surface area (Å²) in [5.41, 5.74) is 1.19. The molecule has 2 fully saturated rings. The Morgan fingerprint density at radius 1 is 1.20 bits per heavy atom. The van der Waals surface area contributed by atoms with Crippen molar-refractivity contribution < 1.29 is 27.4 Å². The normalized spacial score (nSPS) is 20.5. The molecule has 1 aromatic heterocycles. The maximum atomic E-state index is 15.0. The Hall–Kier alpha value is -2.82. The molecule has 0 saturated carbocycles. The maximum absolute atomic E-state index is 15.0. The lowest BCUT2D eigenvalue weighted by Gasteiger charge is -2.44. The molecule has 0 spiro atoms. The minimum atomic E-state index is -3.07. The van der Waals surface area contributed by atoms with Crippen LogP contribution in [0.15, 0.2) is 30.6 Å². The van der Waals surface area contributed by atoms with Gasteiger partial charge in [0.2, 0.25) is 0 Å². The van der Waals surface area contributed by atoms with Gasteiger partial charge in [-0.3, -0.25) is 4.90 Å². The average molecular weight is 509 g/mol. The largest absolute Gasteiger partial charge is 0.493 e. The number of hydrogen-bond donors (Lipinski definition) is 1. The van der Waals surface area contributed by atoms with Crippen molar-refractivity contribution in [3.63, 3.8) is 0 Å². The van der Waals surface area contributed by atoms with Crippen molar-refractivity contribution in [2.24, 2.45) is 0 Å². The fourth-order valence-electron chi connectivity index (χ4n) is 4.28. The van der Waals surface area contributed by atoms with Crippen LogP contribution in [0, 0.1) is 12.7 Å². The Morgan fingerprint density at radius 2 is 2.00 bits per heavy atom. The predicted molar refractivity (Wildman–Crippen MR) is 126 cm³/mol. The molecule has 2 aliphatic heterocycles. The molecule has 3 aromatic rings. The molecule has 11 heteroatoms. The van der Waals surface area contributed by atoms with Gasteiger partial charge in [0, 0.05) is 24.4 Å². The molecule has 2 aromatic carbocycles. The summed E-state index contributed by atoms with van der Waals surface area (Å²) in [5, 5.41) is 3.38. The highest BCUT2D eigenvalue weighted by molar-refractivity contribution is 6.31. The second-order valence-electron chi connectivity index (χ2n) is 8.74. The molecule has 35 heavy (non-hydrogen) atoms. The van der Waals surface area contributed by atoms with Crippen LogP contribution >= 0.6 is 11.6 Å². The van der Waals surface area contributed by atoms with Gasteiger partial charge in [-0.1, -0.05) is 17.7 Å². The number of aromatic nitrogens is 2. The van der Waals surface area contributed by atoms with Gasteiger partial charge in [-0.15, -0.1) is 0 Å². The first kappa shape index (κ1) is 23.9. The lowest BCUT2D eigenvalue weighted by Crippen LogP contribution is -2.60. The van der Waals surface area contributed by atoms with E-state index in [0.717, 1.165) is 0 Å². The number of hydrogen-bond acceptors (Lipinski definition) is 7. The van der Waals surface area contributed by atoms with Crippen LogP contribution in [0.4, 0.5) is 24.7 Å². The average Bonchev–Trinajstić information content (AvgIpc) is 2.79. The highest BCUT2D eigenvalue weighted by atomic mass is 35.5. The third-order valence-electron chi connectivity index (χ3n) is 6.42. The van der Waals surface area contributed by atoms with E-state index >= 15 is 8.78 Å². The second-order valence-corrected chi connectivity index (χ2v) is 9.12. The molecule has 2 aliphatic rings. The van der Waals surface area contributed by atoms with E-state index in [9.17, 15) is 4.39 Å². The molecular weight excluding hydrogens is 485 g/mol. The lowest BCUT2D eigenvalue weighted by atomic mass is 10.0. The molecule has 7 nitrogen and oxygen atoms in total. The van der Waals surface area contributed by atoms with Crippen LogP contribution in [0.2, 0.25) is 5.02 Å². The summed E-state index contributed by atoms with van der Waals surface area (Å²) in [6, 6.07) is 6.37. The summed E-state index contributed by atoms with van der Waals surface area (Å²) in [6.45, 7) is 2.73. The molecule has 0 aliphatic carbocycles. The van der Waals surface area contributed by atoms with E-state index < -0.39 is 24.4 Å². The quantitative estimate of drug-likeness (QED) is 0.504. The van der Waals surface area contributed by atoms with Crippen LogP contribution in [-0.4, -0.2) is 66.3 Å². The first-order valence-electron chi connectivity index (χ1n) is 11.2. The number of benzene rings is 2. The van der Waals surface area contributed by atoms with Gasteiger partial charge in [0.15, 0.2) is 23.4 Å². The summed E-state index contributed by atoms with van der Waals surface area (Å²) < 4.78 is 61.1. The number of likely N-dealkylation sites (tertiary alicyclic amines) is 1. The number of halogens is 4. The maximum Gasteiger partial charge on any atom is 0.296 e. The fraction of sp³-hybridized carbons (Fsp3) is 0.417. The number of fused-ring (bicyclic) bond motifs is 1. The third kappa shape index (κ3) is 4.57. The number of piperidine rings is 1. The molecule has 0 radical (unpaired) electrons. The van der Waals surface area contributed by atoms with Crippen molar-refractivity contribution >= 4 is 34.0 Å². The minimum absolute atomic E-state index is 0.00101. The van der Waals surface area contributed by atoms with Crippen LogP contribution in [0.25, 0.3) is 10.9 Å². The number of nitrogens with zero attached hydrogens (tertiary/aromatic N) is 3. The van der Waals surface area contributed by atoms with Gasteiger partial charge >= 0.3 is 0 Å². The molecule has 0 unspecified atom stereocenters. The van der Waals surface area contributed by atoms with E-state index in [-0.39, 0.29) is 40.5 Å². The van der Waals surface area contributed by atoms with Crippen LogP contribution in [0.1, 0.15) is 12.0 Å². The number of aryl methyl sites for hydroxylation is 1. The number of alkyl halides is 2. The van der Waals surface area contributed by atoms with E-state index in [2.05, 4.69) is 15.3 Å². The van der Waals surface area contributed by atoms with Crippen molar-refractivity contribution in [2.45, 2.75) is 31.4 Å². The third-order valence-corrected chi connectivity index (χ3v) is 6.88. The fourth-order valence-corrected chi connectivity index (χ4v) is 4.44. The molecule has 1 N–H and O–H groups in total. The summed E-state index contributed by atoms with van der Waals surface area (Å²) in [4.78, 5) is 10.2. The van der Waals surface area contributed by atoms with E-state index in [1.54, 1.807) is 30.0 Å². The summed E-state index contributed by atoms with van der Waals surface area (Å²) in [7, 11) is 1.43. The number of nitrogens with one attached hydrogen (secondary N) is 1. The van der Waals surface area contributed by atoms with Gasteiger partial charge in [0.25, 0.3) is 5.92 Å². The van der Waals surface area contributed by atoms with E-state index in [0.29, 0.717) is 36.2 Å². The Balaban J connectivity index is 1.45. The van der Waals surface area contributed by atoms with Crippen molar-refractivity contribution in [1.82, 2.24) is 14.9 Å². The first-order valence-corrected chi connectivity index (χ1v) is 11.6. The number of ether oxygens (including phenoxy) is 3. The zero-order valence-electron chi connectivity index (χ0n) is 19.2. The molecule has 2 saturated heterocycles. The van der Waals surface area contributed by atoms with E-state index in [1.807, 2.05) is 0 Å². The van der Waals surface area contributed by atoms with E-state index in [4.69, 9.17) is 25.8 Å². The standard InChI is InChI=1S/C24H24ClF3N4O3/c1-13-3-4-16(22(26)21(13)25)31-23-15-7-19(18(33-2)8-17(15)29-12-30-23)35-20-5-6-32(11-24(20,27)28)14-9-34-10-14/h3-4,7-8,12,14,20H,5-6,9-11H2,1-2H3,(H,29,30,31)/t20-/m0/s1. The van der Waals surface area contributed by atoms with Crippen molar-refractivity contribution in [3.8, 4) is 11.5 Å². The Kier molecular flexibility index (Phi) is 6.37. The minimum Gasteiger partial charge on any atom is -0.493 e. The van der Waals surface area contributed by atoms with Crippen molar-refractivity contribution in [1.29, 1.82) is 0 Å². The van der Waals surface area contributed by atoms with Crippen molar-refractivity contribution in [2.75, 3.05) is 38.7 Å². The Morgan fingerprint density at radius 3 is 2.69 bits per heavy atom. The Bertz CT molecular complexity index is 1260. The van der Waals surface area contributed by atoms with Gasteiger partial charge in [-0.2, -0.15) is 0 Å². The number of rotatable bonds is 6. The zero-order valence-corrected chi connectivity index (χ0v) is 19.9. The molecule has 5 rings (SSSR count). The predicted octanol–water partition coefficient (Wildman–Crippen LogP) is 4.97. The Labute approximate surface area is 205 Å². The number of anilines is 2. The highest BCUT2D eigenvalue weighted by Gasteiger charge is 2.48. The smallest absolute Gasteiger partial charge is 0.296 e. The molecule has 3 heterocycles. The topological polar surface area (TPSA) is 68.7 Å². The molecule has 1 atom stereocenters. The second kappa shape index (κ2) is 9.33. The van der Waals surface area contributed by atoms with Gasteiger partial charge in [0.05, 0.1) is 49.1 Å². The van der Waals surface area contributed by atoms with Crippen LogP contribution in [0.5, 0.6) is 11.5 Å². The lowest BCUT2D eigenvalue weighted by molar-refractivity contribution is -0.170. The zero-order chi connectivity index (χ0) is 24.7. The van der Waals surface area contributed by atoms with Crippen LogP contribution in [0.3, 0.4) is 0 Å². The molecule has 0 amide bonds. The van der Waals surface area contributed by atoms with Crippen LogP contribution in [-0.2, 0) is 4.74 Å². The highest BCUT2D eigenvalue weighted by Crippen LogP contribution is 2.39. The van der Waals surface area contributed by atoms with Crippen molar-refractivity contribution in [3.05, 3.63) is 47.0 Å². The first-order chi connectivity index (χ1) is 16.8. The van der Waals surface area contributed by atoms with Gasteiger partial charge < -0.3 is 19.5 Å². The summed E-state index contributed by atoms with van der Waals surface area (Å²) in [6.07, 6.45) is 0.126. The summed E-state index contributed by atoms with van der Waals surface area (Å²) in [5.74, 6) is -3.02. The summed E-state index contributed by atoms with van der Waals surface area (Å²) >= 11 is 6.04. The molecular formula is C24H24ClF3N4O3. The SMILES string of the molecule is COc1cc2ncnc(Nc3ccc(C)c(Cl)c3F)c2cc1O[C@H]1CCN(C2COC2)CC1(F)F. The van der Waals surface area contributed by atoms with Gasteiger partial charge in [0.1, 0.15) is 12.1 Å².